The summed E-state index contributed by atoms with van der Waals surface area (Å²) in [7, 11) is 3.51. The van der Waals surface area contributed by atoms with E-state index in [4.69, 9.17) is 13.0 Å². The maximum atomic E-state index is 10.5. The third kappa shape index (κ3) is 4.54. The fraction of sp³-hybridized carbons (Fsp3) is 0.500. The third-order valence-electron chi connectivity index (χ3n) is 1.14. The lowest BCUT2D eigenvalue weighted by molar-refractivity contribution is -0.139. The molecule has 0 aliphatic heterocycles. The van der Waals surface area contributed by atoms with E-state index in [0.717, 1.165) is 13.8 Å². The predicted octanol–water partition coefficient (Wildman–Crippen LogP) is -0.818. The van der Waals surface area contributed by atoms with Gasteiger partial charge in [0.05, 0.1) is 0 Å². The summed E-state index contributed by atoms with van der Waals surface area (Å²) in [5, 5.41) is 8.47. The topological polar surface area (TPSA) is 89.9 Å². The lowest BCUT2D eigenvalue weighted by Gasteiger charge is -2.23. The summed E-state index contributed by atoms with van der Waals surface area (Å²) < 4.78 is 8.79. The number of hydrogen-bond donors (Lipinski definition) is 1. The Morgan fingerprint density at radius 3 is 1.79 bits per heavy atom. The first-order chi connectivity index (χ1) is 6.34. The number of hydrogen-bond acceptors (Lipinski definition) is 5. The summed E-state index contributed by atoms with van der Waals surface area (Å²) in [4.78, 5) is 31.4. The average Bonchev–Trinajstić information content (AvgIpc) is 1.99. The Morgan fingerprint density at radius 1 is 1.21 bits per heavy atom. The maximum absolute atomic E-state index is 10.5. The first-order valence-electron chi connectivity index (χ1n) is 3.67. The van der Waals surface area contributed by atoms with Gasteiger partial charge < -0.3 is 22.3 Å². The monoisotopic (exact) mass is 198 g/mol. The van der Waals surface area contributed by atoms with E-state index in [1.54, 1.807) is 0 Å². The van der Waals surface area contributed by atoms with Crippen LogP contribution < -0.4 is 0 Å². The molecule has 0 saturated carbocycles. The van der Waals surface area contributed by atoms with Gasteiger partial charge in [0, 0.05) is 13.8 Å². The molecule has 8 heteroatoms. The second-order valence-electron chi connectivity index (χ2n) is 2.45. The zero-order chi connectivity index (χ0) is 11.3. The molecule has 1 atom stereocenters. The van der Waals surface area contributed by atoms with Gasteiger partial charge in [0.25, 0.3) is 17.9 Å². The molecule has 0 amide bonds. The lowest BCUT2D eigenvalue weighted by atomic mass is 9.59. The molecule has 0 aliphatic rings. The van der Waals surface area contributed by atoms with E-state index in [1.807, 2.05) is 0 Å². The molecule has 1 N–H and O–H groups in total. The van der Waals surface area contributed by atoms with Crippen LogP contribution in [0.2, 0.25) is 5.72 Å². The van der Waals surface area contributed by atoms with E-state index in [-0.39, 0.29) is 0 Å². The molecule has 0 aliphatic carbocycles. The molecule has 0 bridgehead atoms. The summed E-state index contributed by atoms with van der Waals surface area (Å²) in [5.41, 5.74) is -1.59. The van der Waals surface area contributed by atoms with Gasteiger partial charge in [-0.3, -0.25) is 14.4 Å². The Morgan fingerprint density at radius 2 is 1.57 bits per heavy atom. The van der Waals surface area contributed by atoms with Crippen LogP contribution in [0.3, 0.4) is 0 Å². The van der Waals surface area contributed by atoms with Gasteiger partial charge in [0.15, 0.2) is 0 Å². The molecule has 0 aromatic rings. The molecule has 0 aromatic carbocycles. The van der Waals surface area contributed by atoms with Gasteiger partial charge in [-0.15, -0.1) is 5.72 Å². The molecular formula is C6H8B2O6-. The smallest absolute Gasteiger partial charge is 0.566 e. The van der Waals surface area contributed by atoms with Crippen molar-refractivity contribution in [1.82, 2.24) is 0 Å². The Labute approximate surface area is 82.1 Å². The van der Waals surface area contributed by atoms with Gasteiger partial charge in [-0.05, 0) is 0 Å². The van der Waals surface area contributed by atoms with Crippen LogP contribution >= 0.6 is 0 Å². The zero-order valence-corrected chi connectivity index (χ0v) is 7.72. The highest BCUT2D eigenvalue weighted by molar-refractivity contribution is 6.65. The van der Waals surface area contributed by atoms with Crippen LogP contribution in [0.15, 0.2) is 0 Å². The second kappa shape index (κ2) is 5.31. The fourth-order valence-electron chi connectivity index (χ4n) is 0.614. The first kappa shape index (κ1) is 12.5. The Kier molecular flexibility index (Phi) is 4.75. The molecule has 0 saturated heterocycles. The highest BCUT2D eigenvalue weighted by atomic mass is 16.6. The third-order valence-corrected chi connectivity index (χ3v) is 1.14. The van der Waals surface area contributed by atoms with Gasteiger partial charge in [-0.1, -0.05) is 0 Å². The SMILES string of the molecule is [B-]C(B(OC(C)=O)OC(C)=O)C(=O)O. The lowest BCUT2D eigenvalue weighted by Crippen LogP contribution is -2.36. The zero-order valence-electron chi connectivity index (χ0n) is 7.72. The molecule has 0 aromatic heterocycles. The van der Waals surface area contributed by atoms with Gasteiger partial charge in [0.2, 0.25) is 0 Å². The van der Waals surface area contributed by atoms with Gasteiger partial charge in [-0.2, -0.15) is 0 Å². The van der Waals surface area contributed by atoms with Crippen molar-refractivity contribution in [3.05, 3.63) is 0 Å². The Balaban J connectivity index is 4.45. The standard InChI is InChI=1S/C6H8B2O6/c1-3(9)13-8(14-4(2)10)5(7)6(11)12/h5H,1-2H3,(H,11,12)/q-1. The van der Waals surface area contributed by atoms with Gasteiger partial charge in [-0.25, -0.2) is 0 Å². The minimum absolute atomic E-state index is 0.784. The van der Waals surface area contributed by atoms with Crippen LogP contribution in [0.25, 0.3) is 0 Å². The van der Waals surface area contributed by atoms with Crippen molar-refractivity contribution in [2.75, 3.05) is 0 Å². The molecule has 6 nitrogen and oxygen atoms in total. The normalized spacial score (nSPS) is 11.4. The highest BCUT2D eigenvalue weighted by Gasteiger charge is 2.29. The van der Waals surface area contributed by atoms with Crippen LogP contribution in [0.5, 0.6) is 0 Å². The molecule has 0 rings (SSSR count). The Hall–Kier alpha value is -1.46. The number of carbonyl (C=O) groups excluding carboxylic acids is 2. The molecule has 75 valence electrons. The van der Waals surface area contributed by atoms with Crippen molar-refractivity contribution in [3.63, 3.8) is 0 Å². The van der Waals surface area contributed by atoms with Crippen molar-refractivity contribution >= 4 is 32.9 Å². The predicted molar refractivity (Wildman–Crippen MR) is 46.4 cm³/mol. The van der Waals surface area contributed by atoms with Gasteiger partial charge >= 0.3 is 7.12 Å². The van der Waals surface area contributed by atoms with Crippen LogP contribution in [-0.4, -0.2) is 38.0 Å². The van der Waals surface area contributed by atoms with Crippen molar-refractivity contribution in [3.8, 4) is 0 Å². The molecule has 1 unspecified atom stereocenters. The quantitative estimate of drug-likeness (QED) is 0.593. The molecule has 14 heavy (non-hydrogen) atoms. The Bertz CT molecular complexity index is 237. The molecule has 0 heterocycles. The molecular weight excluding hydrogens is 190 g/mol. The van der Waals surface area contributed by atoms with Crippen LogP contribution in [0.4, 0.5) is 0 Å². The fourth-order valence-corrected chi connectivity index (χ4v) is 0.614. The number of carbonyl (C=O) groups is 3. The van der Waals surface area contributed by atoms with E-state index in [9.17, 15) is 14.4 Å². The summed E-state index contributed by atoms with van der Waals surface area (Å²) in [6, 6.07) is 0. The minimum atomic E-state index is -1.59. The first-order valence-corrected chi connectivity index (χ1v) is 3.67. The summed E-state index contributed by atoms with van der Waals surface area (Å²) in [6.07, 6.45) is 0. The summed E-state index contributed by atoms with van der Waals surface area (Å²) in [5.74, 6) is -3.00. The number of rotatable bonds is 4. The van der Waals surface area contributed by atoms with Crippen molar-refractivity contribution in [2.45, 2.75) is 19.6 Å². The van der Waals surface area contributed by atoms with Crippen LogP contribution in [0, 0.1) is 0 Å². The van der Waals surface area contributed by atoms with E-state index in [0.29, 0.717) is 0 Å². The maximum Gasteiger partial charge on any atom is 0.566 e. The summed E-state index contributed by atoms with van der Waals surface area (Å²) in [6.45, 7) is 2.09. The van der Waals surface area contributed by atoms with E-state index in [2.05, 4.69) is 9.31 Å². The van der Waals surface area contributed by atoms with Crippen molar-refractivity contribution in [1.29, 1.82) is 0 Å². The summed E-state index contributed by atoms with van der Waals surface area (Å²) >= 11 is 0. The minimum Gasteiger partial charge on any atom is -0.607 e. The number of aliphatic carboxylic acids is 1. The average molecular weight is 198 g/mol. The second-order valence-corrected chi connectivity index (χ2v) is 2.45. The van der Waals surface area contributed by atoms with E-state index < -0.39 is 30.7 Å². The molecule has 0 spiro atoms. The van der Waals surface area contributed by atoms with Crippen molar-refractivity contribution in [2.24, 2.45) is 0 Å². The van der Waals surface area contributed by atoms with Gasteiger partial charge in [0.1, 0.15) is 0 Å². The largest absolute Gasteiger partial charge is 0.607 e. The molecule has 0 fully saturated rings. The molecule has 3 radical (unpaired) electrons. The highest BCUT2D eigenvalue weighted by Crippen LogP contribution is 2.08. The number of carboxylic acid groups (broad SMARTS) is 1. The number of carboxylic acids is 1. The van der Waals surface area contributed by atoms with E-state index >= 15 is 0 Å². The van der Waals surface area contributed by atoms with Crippen LogP contribution in [0.1, 0.15) is 13.8 Å². The van der Waals surface area contributed by atoms with Crippen LogP contribution in [-0.2, 0) is 23.7 Å². The van der Waals surface area contributed by atoms with Crippen molar-refractivity contribution < 1.29 is 28.8 Å². The van der Waals surface area contributed by atoms with E-state index in [1.165, 1.54) is 0 Å².